The SMILES string of the molecule is CC1=Nc2ccc(C)cc2/C1=C/c1sc(=S)n(-c2ccccc2F)c1O. The van der Waals surface area contributed by atoms with Crippen LogP contribution in [-0.4, -0.2) is 15.4 Å². The number of aromatic hydroxyl groups is 1. The number of aryl methyl sites for hydroxylation is 1. The summed E-state index contributed by atoms with van der Waals surface area (Å²) >= 11 is 6.61. The topological polar surface area (TPSA) is 37.5 Å². The van der Waals surface area contributed by atoms with Crippen LogP contribution in [-0.2, 0) is 0 Å². The first kappa shape index (κ1) is 16.9. The Hall–Kier alpha value is -2.57. The second-order valence-corrected chi connectivity index (χ2v) is 7.79. The summed E-state index contributed by atoms with van der Waals surface area (Å²) in [6.45, 7) is 3.97. The predicted octanol–water partition coefficient (Wildman–Crippen LogP) is 6.07. The van der Waals surface area contributed by atoms with Crippen LogP contribution in [0.25, 0.3) is 17.3 Å². The zero-order valence-corrected chi connectivity index (χ0v) is 15.8. The highest BCUT2D eigenvalue weighted by Gasteiger charge is 2.20. The lowest BCUT2D eigenvalue weighted by molar-refractivity contribution is 0.438. The average Bonchev–Trinajstić information content (AvgIpc) is 3.05. The maximum absolute atomic E-state index is 14.1. The average molecular weight is 382 g/mol. The van der Waals surface area contributed by atoms with Crippen LogP contribution < -0.4 is 0 Å². The number of aromatic nitrogens is 1. The van der Waals surface area contributed by atoms with Crippen molar-refractivity contribution in [1.29, 1.82) is 0 Å². The number of nitrogens with zero attached hydrogens (tertiary/aromatic N) is 2. The van der Waals surface area contributed by atoms with Crippen LogP contribution in [0.3, 0.4) is 0 Å². The predicted molar refractivity (Wildman–Crippen MR) is 108 cm³/mol. The molecule has 0 bridgehead atoms. The van der Waals surface area contributed by atoms with Crippen LogP contribution in [0.4, 0.5) is 10.1 Å². The number of thiazole rings is 1. The van der Waals surface area contributed by atoms with Gasteiger partial charge < -0.3 is 5.11 Å². The Kier molecular flexibility index (Phi) is 4.09. The van der Waals surface area contributed by atoms with Crippen LogP contribution in [0, 0.1) is 16.7 Å². The van der Waals surface area contributed by atoms with Crippen molar-refractivity contribution in [1.82, 2.24) is 4.57 Å². The molecule has 3 nitrogen and oxygen atoms in total. The van der Waals surface area contributed by atoms with E-state index in [0.717, 1.165) is 28.1 Å². The number of hydrogen-bond donors (Lipinski definition) is 1. The number of para-hydroxylation sites is 1. The molecule has 1 aliphatic heterocycles. The Morgan fingerprint density at radius 3 is 2.73 bits per heavy atom. The van der Waals surface area contributed by atoms with Crippen LogP contribution in [0.2, 0.25) is 0 Å². The van der Waals surface area contributed by atoms with E-state index in [2.05, 4.69) is 11.1 Å². The van der Waals surface area contributed by atoms with Crippen LogP contribution in [0.5, 0.6) is 5.88 Å². The molecule has 1 aromatic heterocycles. The third-order valence-electron chi connectivity index (χ3n) is 4.30. The first-order valence-corrected chi connectivity index (χ1v) is 9.26. The highest BCUT2D eigenvalue weighted by atomic mass is 32.1. The zero-order valence-electron chi connectivity index (χ0n) is 14.2. The summed E-state index contributed by atoms with van der Waals surface area (Å²) in [4.78, 5) is 5.16. The van der Waals surface area contributed by atoms with Gasteiger partial charge in [-0.25, -0.2) is 4.39 Å². The molecular formula is C20H15FN2OS2. The molecule has 0 radical (unpaired) electrons. The van der Waals surface area contributed by atoms with Gasteiger partial charge in [0.25, 0.3) is 0 Å². The van der Waals surface area contributed by atoms with Crippen LogP contribution in [0.1, 0.15) is 22.9 Å². The molecule has 0 atom stereocenters. The fourth-order valence-electron chi connectivity index (χ4n) is 3.03. The second kappa shape index (κ2) is 6.30. The molecule has 0 spiro atoms. The molecule has 6 heteroatoms. The van der Waals surface area contributed by atoms with E-state index in [4.69, 9.17) is 12.2 Å². The number of allylic oxidation sites excluding steroid dienone is 1. The maximum atomic E-state index is 14.1. The molecule has 0 unspecified atom stereocenters. The van der Waals surface area contributed by atoms with Gasteiger partial charge in [0.05, 0.1) is 16.3 Å². The normalized spacial score (nSPS) is 14.6. The largest absolute Gasteiger partial charge is 0.493 e. The van der Waals surface area contributed by atoms with Gasteiger partial charge in [0.1, 0.15) is 5.82 Å². The Balaban J connectivity index is 1.87. The summed E-state index contributed by atoms with van der Waals surface area (Å²) in [5.41, 5.74) is 5.14. The number of fused-ring (bicyclic) bond motifs is 1. The number of benzene rings is 2. The molecule has 2 heterocycles. The fourth-order valence-corrected chi connectivity index (χ4v) is 4.31. The third kappa shape index (κ3) is 2.71. The highest BCUT2D eigenvalue weighted by Crippen LogP contribution is 2.39. The summed E-state index contributed by atoms with van der Waals surface area (Å²) < 4.78 is 15.9. The minimum atomic E-state index is -0.435. The van der Waals surface area contributed by atoms with Crippen LogP contribution in [0.15, 0.2) is 47.5 Å². The van der Waals surface area contributed by atoms with Gasteiger partial charge in [-0.15, -0.1) is 11.3 Å². The molecule has 0 aliphatic carbocycles. The Morgan fingerprint density at radius 1 is 1.19 bits per heavy atom. The van der Waals surface area contributed by atoms with Crippen molar-refractivity contribution in [3.05, 3.63) is 68.2 Å². The standard InChI is InChI=1S/C20H15FN2OS2/c1-11-7-8-16-14(9-11)13(12(2)22-16)10-18-19(24)23(20(25)26-18)17-6-4-3-5-15(17)21/h3-10,24H,1-2H3/b13-10+. The third-order valence-corrected chi connectivity index (χ3v) is 5.61. The maximum Gasteiger partial charge on any atom is 0.215 e. The number of rotatable bonds is 2. The fraction of sp³-hybridized carbons (Fsp3) is 0.100. The monoisotopic (exact) mass is 382 g/mol. The van der Waals surface area contributed by atoms with Gasteiger partial charge in [0, 0.05) is 16.8 Å². The van der Waals surface area contributed by atoms with Crippen molar-refractivity contribution in [2.24, 2.45) is 4.99 Å². The molecule has 26 heavy (non-hydrogen) atoms. The second-order valence-electron chi connectivity index (χ2n) is 6.12. The van der Waals surface area contributed by atoms with E-state index in [1.165, 1.54) is 22.0 Å². The van der Waals surface area contributed by atoms with Crippen molar-refractivity contribution in [2.75, 3.05) is 0 Å². The molecule has 1 aliphatic rings. The first-order chi connectivity index (χ1) is 12.5. The molecule has 2 aromatic carbocycles. The van der Waals surface area contributed by atoms with E-state index >= 15 is 0 Å². The molecule has 3 aromatic rings. The molecule has 4 rings (SSSR count). The van der Waals surface area contributed by atoms with Gasteiger partial charge in [-0.3, -0.25) is 9.56 Å². The van der Waals surface area contributed by atoms with Crippen molar-refractivity contribution in [2.45, 2.75) is 13.8 Å². The lowest BCUT2D eigenvalue weighted by Gasteiger charge is -2.06. The van der Waals surface area contributed by atoms with Gasteiger partial charge in [-0.1, -0.05) is 23.8 Å². The summed E-state index contributed by atoms with van der Waals surface area (Å²) in [5, 5.41) is 10.7. The summed E-state index contributed by atoms with van der Waals surface area (Å²) in [7, 11) is 0. The van der Waals surface area contributed by atoms with E-state index in [9.17, 15) is 9.50 Å². The smallest absolute Gasteiger partial charge is 0.215 e. The van der Waals surface area contributed by atoms with Gasteiger partial charge >= 0.3 is 0 Å². The zero-order chi connectivity index (χ0) is 18.4. The van der Waals surface area contributed by atoms with E-state index in [1.54, 1.807) is 18.2 Å². The first-order valence-electron chi connectivity index (χ1n) is 8.04. The molecule has 0 fully saturated rings. The lowest BCUT2D eigenvalue weighted by atomic mass is 10.0. The minimum absolute atomic E-state index is 0.0634. The van der Waals surface area contributed by atoms with E-state index in [0.29, 0.717) is 8.83 Å². The number of halogens is 1. The van der Waals surface area contributed by atoms with E-state index < -0.39 is 5.82 Å². The minimum Gasteiger partial charge on any atom is -0.493 e. The summed E-state index contributed by atoms with van der Waals surface area (Å²) in [6.07, 6.45) is 1.87. The molecule has 0 saturated carbocycles. The molecule has 130 valence electrons. The number of hydrogen-bond acceptors (Lipinski definition) is 4. The van der Waals surface area contributed by atoms with Crippen molar-refractivity contribution in [3.8, 4) is 11.6 Å². The lowest BCUT2D eigenvalue weighted by Crippen LogP contribution is -1.96. The highest BCUT2D eigenvalue weighted by molar-refractivity contribution is 7.73. The molecule has 1 N–H and O–H groups in total. The molecular weight excluding hydrogens is 367 g/mol. The van der Waals surface area contributed by atoms with Gasteiger partial charge in [0.15, 0.2) is 3.95 Å². The Morgan fingerprint density at radius 2 is 1.96 bits per heavy atom. The summed E-state index contributed by atoms with van der Waals surface area (Å²) in [6, 6.07) is 12.3. The quantitative estimate of drug-likeness (QED) is 0.546. The van der Waals surface area contributed by atoms with Gasteiger partial charge in [0.2, 0.25) is 5.88 Å². The van der Waals surface area contributed by atoms with Crippen LogP contribution >= 0.6 is 23.6 Å². The summed E-state index contributed by atoms with van der Waals surface area (Å²) in [5.74, 6) is -0.498. The van der Waals surface area contributed by atoms with Crippen molar-refractivity contribution < 1.29 is 9.50 Å². The Bertz CT molecular complexity index is 1150. The van der Waals surface area contributed by atoms with E-state index in [-0.39, 0.29) is 11.6 Å². The molecule has 0 saturated heterocycles. The van der Waals surface area contributed by atoms with Gasteiger partial charge in [-0.2, -0.15) is 0 Å². The Labute approximate surface area is 159 Å². The van der Waals surface area contributed by atoms with Gasteiger partial charge in [-0.05, 0) is 56.4 Å². The van der Waals surface area contributed by atoms with E-state index in [1.807, 2.05) is 32.1 Å². The number of aliphatic imine (C=N–C) groups is 1. The molecule has 0 amide bonds. The van der Waals surface area contributed by atoms with Crippen molar-refractivity contribution >= 4 is 46.6 Å². The van der Waals surface area contributed by atoms with Crippen molar-refractivity contribution in [3.63, 3.8) is 0 Å².